The Labute approximate surface area is 304 Å². The molecule has 0 atom stereocenters. The van der Waals surface area contributed by atoms with Crippen molar-refractivity contribution in [2.75, 3.05) is 4.90 Å². The van der Waals surface area contributed by atoms with Gasteiger partial charge in [-0.1, -0.05) is 130 Å². The van der Waals surface area contributed by atoms with Gasteiger partial charge < -0.3 is 9.47 Å². The van der Waals surface area contributed by atoms with Crippen LogP contribution in [0, 0.1) is 0 Å². The van der Waals surface area contributed by atoms with E-state index in [9.17, 15) is 0 Å². The number of rotatable bonds is 5. The van der Waals surface area contributed by atoms with E-state index in [1.807, 2.05) is 0 Å². The first-order valence-corrected chi connectivity index (χ1v) is 18.2. The third-order valence-corrected chi connectivity index (χ3v) is 10.9. The van der Waals surface area contributed by atoms with Gasteiger partial charge in [0.15, 0.2) is 0 Å². The molecule has 0 aliphatic carbocycles. The second kappa shape index (κ2) is 11.6. The van der Waals surface area contributed by atoms with Crippen LogP contribution in [0.25, 0.3) is 70.9 Å². The molecule has 0 bridgehead atoms. The van der Waals surface area contributed by atoms with Crippen molar-refractivity contribution in [3.63, 3.8) is 0 Å². The van der Waals surface area contributed by atoms with Crippen LogP contribution in [-0.2, 0) is 5.41 Å². The normalized spacial score (nSPS) is 12.1. The number of aromatic nitrogens is 1. The minimum Gasteiger partial charge on any atom is -0.311 e. The van der Waals surface area contributed by atoms with Gasteiger partial charge in [-0.15, -0.1) is 0 Å². The van der Waals surface area contributed by atoms with E-state index in [2.05, 4.69) is 206 Å². The molecule has 9 aromatic carbocycles. The summed E-state index contributed by atoms with van der Waals surface area (Å²) >= 11 is 0. The predicted octanol–water partition coefficient (Wildman–Crippen LogP) is 14.1. The molecule has 0 saturated carbocycles. The standard InChI is InChI=1S/C50H38N2/c1-50(2,3)36-24-30-45-44(32-36)49-43-29-22-34-21-27-41(42-28-23-35(48(43)47(34)42)31-46(49)52(45)39-17-11-6-12-18-39)33-19-25-40(26-20-33)51(37-13-7-4-8-14-37)38-15-9-5-10-16-38/h4-32H,1-3H3. The van der Waals surface area contributed by atoms with E-state index in [1.165, 1.54) is 76.5 Å². The molecule has 0 aliphatic heterocycles. The highest BCUT2D eigenvalue weighted by Crippen LogP contribution is 2.46. The summed E-state index contributed by atoms with van der Waals surface area (Å²) in [5.41, 5.74) is 10.9. The second-order valence-electron chi connectivity index (χ2n) is 15.0. The number of fused-ring (bicyclic) bond motifs is 4. The fourth-order valence-corrected chi connectivity index (χ4v) is 8.35. The SMILES string of the molecule is CC(C)(C)c1ccc2c(c1)c1c3ccc4ccc(-c5ccc(N(c6ccccc6)c6ccccc6)cc5)c5ccc(cc1n2-c1ccccc1)c3c45. The molecule has 2 heteroatoms. The molecule has 1 aromatic heterocycles. The topological polar surface area (TPSA) is 8.17 Å². The summed E-state index contributed by atoms with van der Waals surface area (Å²) in [5, 5.41) is 10.4. The average Bonchev–Trinajstić information content (AvgIpc) is 3.51. The van der Waals surface area contributed by atoms with Crippen LogP contribution in [0.5, 0.6) is 0 Å². The minimum atomic E-state index is 0.0445. The van der Waals surface area contributed by atoms with Crippen LogP contribution in [0.4, 0.5) is 17.1 Å². The second-order valence-corrected chi connectivity index (χ2v) is 15.0. The largest absolute Gasteiger partial charge is 0.311 e. The molecule has 0 fully saturated rings. The molecular weight excluding hydrogens is 629 g/mol. The van der Waals surface area contributed by atoms with Crippen LogP contribution in [0.1, 0.15) is 26.3 Å². The van der Waals surface area contributed by atoms with Gasteiger partial charge in [-0.25, -0.2) is 0 Å². The molecule has 2 nitrogen and oxygen atoms in total. The lowest BCUT2D eigenvalue weighted by Crippen LogP contribution is -2.10. The van der Waals surface area contributed by atoms with Crippen LogP contribution in [-0.4, -0.2) is 4.57 Å². The maximum absolute atomic E-state index is 2.45. The summed E-state index contributed by atoms with van der Waals surface area (Å²) in [4.78, 5) is 2.32. The summed E-state index contributed by atoms with van der Waals surface area (Å²) in [6.45, 7) is 6.91. The fourth-order valence-electron chi connectivity index (χ4n) is 8.35. The Morgan fingerprint density at radius 3 is 1.67 bits per heavy atom. The lowest BCUT2D eigenvalue weighted by atomic mass is 9.85. The van der Waals surface area contributed by atoms with Crippen molar-refractivity contribution in [1.82, 2.24) is 4.57 Å². The third-order valence-electron chi connectivity index (χ3n) is 10.9. The quantitative estimate of drug-likeness (QED) is 0.166. The maximum atomic E-state index is 2.45. The molecule has 0 saturated heterocycles. The monoisotopic (exact) mass is 666 g/mol. The number of anilines is 3. The van der Waals surface area contributed by atoms with Crippen molar-refractivity contribution in [3.8, 4) is 16.8 Å². The van der Waals surface area contributed by atoms with Gasteiger partial charge in [0.25, 0.3) is 0 Å². The molecule has 0 N–H and O–H groups in total. The Balaban J connectivity index is 1.19. The van der Waals surface area contributed by atoms with Crippen molar-refractivity contribution < 1.29 is 0 Å². The van der Waals surface area contributed by atoms with Crippen LogP contribution < -0.4 is 4.90 Å². The van der Waals surface area contributed by atoms with Gasteiger partial charge in [0.1, 0.15) is 0 Å². The van der Waals surface area contributed by atoms with Gasteiger partial charge >= 0.3 is 0 Å². The third kappa shape index (κ3) is 4.72. The number of hydrogen-bond donors (Lipinski definition) is 0. The summed E-state index contributed by atoms with van der Waals surface area (Å²) < 4.78 is 2.45. The minimum absolute atomic E-state index is 0.0445. The Bertz CT molecular complexity index is 2860. The highest BCUT2D eigenvalue weighted by Gasteiger charge is 2.22. The van der Waals surface area contributed by atoms with Crippen molar-refractivity contribution in [2.24, 2.45) is 0 Å². The van der Waals surface area contributed by atoms with Gasteiger partial charge in [0, 0.05) is 33.5 Å². The van der Waals surface area contributed by atoms with E-state index >= 15 is 0 Å². The van der Waals surface area contributed by atoms with Crippen molar-refractivity contribution >= 4 is 71.2 Å². The lowest BCUT2D eigenvalue weighted by molar-refractivity contribution is 0.591. The molecule has 10 aromatic rings. The predicted molar refractivity (Wildman–Crippen MR) is 223 cm³/mol. The van der Waals surface area contributed by atoms with E-state index in [0.29, 0.717) is 0 Å². The summed E-state index contributed by atoms with van der Waals surface area (Å²) in [6, 6.07) is 64.5. The van der Waals surface area contributed by atoms with E-state index in [1.54, 1.807) is 0 Å². The molecule has 1 heterocycles. The molecule has 0 radical (unpaired) electrons. The molecule has 0 amide bonds. The molecule has 0 unspecified atom stereocenters. The molecular formula is C50H38N2. The zero-order valence-corrected chi connectivity index (χ0v) is 29.6. The van der Waals surface area contributed by atoms with E-state index in [-0.39, 0.29) is 5.41 Å². The first-order valence-electron chi connectivity index (χ1n) is 18.2. The first-order chi connectivity index (χ1) is 25.4. The van der Waals surface area contributed by atoms with Crippen molar-refractivity contribution in [1.29, 1.82) is 0 Å². The smallest absolute Gasteiger partial charge is 0.0553 e. The Kier molecular flexibility index (Phi) is 6.78. The molecule has 248 valence electrons. The molecule has 0 aliphatic rings. The lowest BCUT2D eigenvalue weighted by Gasteiger charge is -2.25. The Hall–Kier alpha value is -6.38. The van der Waals surface area contributed by atoms with E-state index in [0.717, 1.165) is 17.1 Å². The fraction of sp³-hybridized carbons (Fsp3) is 0.0800. The highest BCUT2D eigenvalue weighted by molar-refractivity contribution is 6.34. The Morgan fingerprint density at radius 2 is 1.00 bits per heavy atom. The van der Waals surface area contributed by atoms with Crippen LogP contribution >= 0.6 is 0 Å². The first kappa shape index (κ1) is 30.4. The van der Waals surface area contributed by atoms with Gasteiger partial charge in [-0.05, 0) is 121 Å². The average molecular weight is 667 g/mol. The zero-order valence-electron chi connectivity index (χ0n) is 29.6. The van der Waals surface area contributed by atoms with Crippen LogP contribution in [0.3, 0.4) is 0 Å². The summed E-state index contributed by atoms with van der Waals surface area (Å²) in [6.07, 6.45) is 0. The summed E-state index contributed by atoms with van der Waals surface area (Å²) in [7, 11) is 0. The Morgan fingerprint density at radius 1 is 0.423 bits per heavy atom. The number of nitrogens with zero attached hydrogens (tertiary/aromatic N) is 2. The molecule has 10 rings (SSSR count). The van der Waals surface area contributed by atoms with Gasteiger partial charge in [-0.2, -0.15) is 0 Å². The van der Waals surface area contributed by atoms with E-state index < -0.39 is 0 Å². The van der Waals surface area contributed by atoms with Gasteiger partial charge in [0.2, 0.25) is 0 Å². The van der Waals surface area contributed by atoms with Gasteiger partial charge in [0.05, 0.1) is 11.0 Å². The zero-order chi connectivity index (χ0) is 35.0. The molecule has 52 heavy (non-hydrogen) atoms. The number of benzene rings is 9. The van der Waals surface area contributed by atoms with Crippen LogP contribution in [0.2, 0.25) is 0 Å². The maximum Gasteiger partial charge on any atom is 0.0553 e. The summed E-state index contributed by atoms with van der Waals surface area (Å²) in [5.74, 6) is 0. The van der Waals surface area contributed by atoms with Crippen LogP contribution in [0.15, 0.2) is 176 Å². The molecule has 0 spiro atoms. The van der Waals surface area contributed by atoms with Crippen molar-refractivity contribution in [3.05, 3.63) is 181 Å². The highest BCUT2D eigenvalue weighted by atomic mass is 15.1. The number of para-hydroxylation sites is 3. The number of hydrogen-bond acceptors (Lipinski definition) is 1. The van der Waals surface area contributed by atoms with Gasteiger partial charge in [-0.3, -0.25) is 0 Å². The van der Waals surface area contributed by atoms with E-state index in [4.69, 9.17) is 0 Å². The van der Waals surface area contributed by atoms with Crippen molar-refractivity contribution in [2.45, 2.75) is 26.2 Å².